The lowest BCUT2D eigenvalue weighted by Gasteiger charge is -2.43. The van der Waals surface area contributed by atoms with Crippen LogP contribution in [0.1, 0.15) is 66.7 Å². The molecule has 59 heavy (non-hydrogen) atoms. The van der Waals surface area contributed by atoms with E-state index >= 15 is 0 Å². The van der Waals surface area contributed by atoms with Gasteiger partial charge in [-0.3, -0.25) is 49.4 Å². The molecule has 2 saturated heterocycles. The fraction of sp³-hybridized carbons (Fsp3) is 0.359. The second kappa shape index (κ2) is 17.5. The highest BCUT2D eigenvalue weighted by molar-refractivity contribution is 6.02. The van der Waals surface area contributed by atoms with Gasteiger partial charge in [0.2, 0.25) is 11.8 Å². The molecule has 0 spiro atoms. The molecule has 0 unspecified atom stereocenters. The van der Waals surface area contributed by atoms with Crippen molar-refractivity contribution >= 4 is 69.0 Å². The molecule has 0 radical (unpaired) electrons. The van der Waals surface area contributed by atoms with Gasteiger partial charge in [0.15, 0.2) is 0 Å². The Morgan fingerprint density at radius 1 is 0.864 bits per heavy atom. The van der Waals surface area contributed by atoms with E-state index in [1.54, 1.807) is 30.3 Å². The van der Waals surface area contributed by atoms with Gasteiger partial charge in [-0.25, -0.2) is 14.6 Å². The Hall–Kier alpha value is -7.25. The van der Waals surface area contributed by atoms with Gasteiger partial charge in [0.1, 0.15) is 46.2 Å². The Morgan fingerprint density at radius 3 is 2.15 bits per heavy atom. The number of hydrogen-bond donors (Lipinski definition) is 5. The van der Waals surface area contributed by atoms with Crippen LogP contribution in [0.3, 0.4) is 0 Å². The quantitative estimate of drug-likeness (QED) is 0.0979. The molecule has 2 aromatic heterocycles. The third-order valence-corrected chi connectivity index (χ3v) is 10.1. The van der Waals surface area contributed by atoms with Crippen LogP contribution >= 0.6 is 0 Å². The number of carboxylic acids is 1. The summed E-state index contributed by atoms with van der Waals surface area (Å²) >= 11 is 0. The van der Waals surface area contributed by atoms with Crippen molar-refractivity contribution < 1.29 is 52.2 Å². The molecule has 20 nitrogen and oxygen atoms in total. The summed E-state index contributed by atoms with van der Waals surface area (Å²) in [6, 6.07) is 7.63. The highest BCUT2D eigenvalue weighted by Gasteiger charge is 2.45. The Morgan fingerprint density at radius 2 is 1.51 bits per heavy atom. The minimum atomic E-state index is -1.82. The monoisotopic (exact) mass is 815 g/mol. The van der Waals surface area contributed by atoms with E-state index in [0.717, 1.165) is 15.7 Å². The molecule has 3 atom stereocenters. The summed E-state index contributed by atoms with van der Waals surface area (Å²) in [6.45, 7) is 5.39. The number of nitrogens with one attached hydrogen (secondary N) is 4. The molecule has 0 saturated carbocycles. The first kappa shape index (κ1) is 41.4. The molecule has 20 heteroatoms. The van der Waals surface area contributed by atoms with Crippen molar-refractivity contribution in [3.8, 4) is 5.75 Å². The molecule has 2 aliphatic rings. The summed E-state index contributed by atoms with van der Waals surface area (Å²) in [5, 5.41) is 17.1. The number of carboxylic acid groups (broad SMARTS) is 1. The zero-order valence-electron chi connectivity index (χ0n) is 32.2. The third kappa shape index (κ3) is 8.85. The molecule has 2 aliphatic heterocycles. The van der Waals surface area contributed by atoms with Crippen LogP contribution in [0.4, 0.5) is 5.69 Å². The van der Waals surface area contributed by atoms with E-state index in [9.17, 15) is 48.3 Å². The summed E-state index contributed by atoms with van der Waals surface area (Å²) in [5.74, 6) is -6.78. The Bertz CT molecular complexity index is 2480. The van der Waals surface area contributed by atoms with E-state index in [0.29, 0.717) is 29.6 Å². The number of carbonyl (C=O) groups excluding carboxylic acids is 6. The molecule has 2 fully saturated rings. The van der Waals surface area contributed by atoms with E-state index < -0.39 is 88.3 Å². The highest BCUT2D eigenvalue weighted by atomic mass is 16.5. The fourth-order valence-corrected chi connectivity index (χ4v) is 6.99. The standard InChI is InChI=1S/C39H41N7O13/c1-4-44(5-2)22-10-8-20-16-25(39(56)58-29(20)17-22)34(51)42-43-35(52)27(19-32(48)49)41-36(53)28-7-6-14-45-31(47)13-12-26(37(54)46(28)45)40-33(50)24-15-21-9-11-23(57-3)18-30(21)59-38(24)55/h8-11,15-18,26-28H,4-7,12-14,19H2,1-3H3,(H,40,50)(H,41,53)(H,42,51)(H,43,52)(H,48,49)/t26-,27-,28-/m0/s1. The summed E-state index contributed by atoms with van der Waals surface area (Å²) in [6.07, 6.45) is -1.15. The molecular formula is C39H41N7O13. The number of carbonyl (C=O) groups is 7. The smallest absolute Gasteiger partial charge is 0.349 e. The first-order valence-corrected chi connectivity index (χ1v) is 18.7. The van der Waals surface area contributed by atoms with Crippen molar-refractivity contribution in [1.82, 2.24) is 31.5 Å². The molecule has 4 aromatic rings. The maximum atomic E-state index is 14.0. The molecule has 5 N–H and O–H groups in total. The van der Waals surface area contributed by atoms with Gasteiger partial charge in [-0.1, -0.05) is 0 Å². The number of anilines is 1. The first-order valence-electron chi connectivity index (χ1n) is 18.7. The summed E-state index contributed by atoms with van der Waals surface area (Å²) in [7, 11) is 1.43. The summed E-state index contributed by atoms with van der Waals surface area (Å²) < 4.78 is 15.8. The zero-order chi connectivity index (χ0) is 42.5. The number of benzene rings is 2. The number of ether oxygens (including phenoxy) is 1. The molecule has 2 aromatic carbocycles. The Kier molecular flexibility index (Phi) is 12.3. The van der Waals surface area contributed by atoms with Crippen molar-refractivity contribution in [1.29, 1.82) is 0 Å². The topological polar surface area (TPSA) is 267 Å². The van der Waals surface area contributed by atoms with Crippen molar-refractivity contribution in [2.75, 3.05) is 31.6 Å². The van der Waals surface area contributed by atoms with E-state index in [2.05, 4.69) is 10.6 Å². The number of hydrazine groups is 2. The SMILES string of the molecule is CCN(CC)c1ccc2cc(C(=O)NNC(=O)[C@H](CC(=O)O)NC(=O)[C@@H]3CCCN4C(=O)CC[C@H](NC(=O)c5cc6ccc(OC)cc6oc5=O)C(=O)N34)c(=O)oc2c1. The molecule has 0 bridgehead atoms. The Balaban J connectivity index is 1.15. The van der Waals surface area contributed by atoms with Gasteiger partial charge in [-0.15, -0.1) is 0 Å². The number of amides is 6. The van der Waals surface area contributed by atoms with Crippen LogP contribution in [0, 0.1) is 0 Å². The predicted molar refractivity (Wildman–Crippen MR) is 207 cm³/mol. The molecule has 4 heterocycles. The molecular weight excluding hydrogens is 774 g/mol. The van der Waals surface area contributed by atoms with E-state index in [1.165, 1.54) is 25.3 Å². The van der Waals surface area contributed by atoms with E-state index in [1.807, 2.05) is 29.6 Å². The number of methoxy groups -OCH3 is 1. The number of rotatable bonds is 12. The number of fused-ring (bicyclic) bond motifs is 3. The fourth-order valence-electron chi connectivity index (χ4n) is 6.99. The molecule has 0 aliphatic carbocycles. The van der Waals surface area contributed by atoms with Gasteiger partial charge in [0.05, 0.1) is 13.5 Å². The number of aliphatic carboxylic acids is 1. The second-order valence-corrected chi connectivity index (χ2v) is 13.7. The summed E-state index contributed by atoms with van der Waals surface area (Å²) in [5.41, 5.74) is 2.34. The van der Waals surface area contributed by atoms with E-state index in [-0.39, 0.29) is 43.4 Å². The highest BCUT2D eigenvalue weighted by Crippen LogP contribution is 2.26. The zero-order valence-corrected chi connectivity index (χ0v) is 32.2. The summed E-state index contributed by atoms with van der Waals surface area (Å²) in [4.78, 5) is 120. The molecule has 6 amide bonds. The van der Waals surface area contributed by atoms with Crippen molar-refractivity contribution in [3.05, 3.63) is 80.5 Å². The lowest BCUT2D eigenvalue weighted by molar-refractivity contribution is -0.176. The van der Waals surface area contributed by atoms with Gasteiger partial charge in [-0.05, 0) is 69.5 Å². The third-order valence-electron chi connectivity index (χ3n) is 10.1. The maximum Gasteiger partial charge on any atom is 0.349 e. The number of nitrogens with zero attached hydrogens (tertiary/aromatic N) is 3. The maximum absolute atomic E-state index is 14.0. The van der Waals surface area contributed by atoms with Crippen molar-refractivity contribution in [3.63, 3.8) is 0 Å². The van der Waals surface area contributed by atoms with Crippen LogP contribution in [0.15, 0.2) is 67.0 Å². The lowest BCUT2D eigenvalue weighted by atomic mass is 10.0. The van der Waals surface area contributed by atoms with Gasteiger partial charge < -0.3 is 34.2 Å². The number of hydrogen-bond acceptors (Lipinski definition) is 13. The molecule has 310 valence electrons. The van der Waals surface area contributed by atoms with Gasteiger partial charge in [-0.2, -0.15) is 0 Å². The van der Waals surface area contributed by atoms with Crippen LogP contribution in [-0.4, -0.2) is 101 Å². The van der Waals surface area contributed by atoms with E-state index in [4.69, 9.17) is 13.6 Å². The first-order chi connectivity index (χ1) is 28.2. The van der Waals surface area contributed by atoms with Gasteiger partial charge >= 0.3 is 17.2 Å². The van der Waals surface area contributed by atoms with Crippen LogP contribution < -0.4 is 42.4 Å². The normalized spacial score (nSPS) is 17.1. The van der Waals surface area contributed by atoms with Crippen molar-refractivity contribution in [2.45, 2.75) is 64.1 Å². The minimum absolute atomic E-state index is 0.0218. The second-order valence-electron chi connectivity index (χ2n) is 13.7. The average molecular weight is 816 g/mol. The minimum Gasteiger partial charge on any atom is -0.497 e. The average Bonchev–Trinajstić information content (AvgIpc) is 3.33. The largest absolute Gasteiger partial charge is 0.497 e. The van der Waals surface area contributed by atoms with Crippen molar-refractivity contribution in [2.24, 2.45) is 0 Å². The van der Waals surface area contributed by atoms with Crippen LogP contribution in [-0.2, 0) is 24.0 Å². The predicted octanol–water partition coefficient (Wildman–Crippen LogP) is 0.802. The van der Waals surface area contributed by atoms with Crippen LogP contribution in [0.2, 0.25) is 0 Å². The molecule has 6 rings (SSSR count). The van der Waals surface area contributed by atoms with Gasteiger partial charge in [0, 0.05) is 54.6 Å². The van der Waals surface area contributed by atoms with Gasteiger partial charge in [0.25, 0.3) is 23.6 Å². The van der Waals surface area contributed by atoms with Crippen LogP contribution in [0.5, 0.6) is 5.75 Å². The van der Waals surface area contributed by atoms with Crippen LogP contribution in [0.25, 0.3) is 21.9 Å². The lowest BCUT2D eigenvalue weighted by Crippen LogP contribution is -2.65. The Labute approximate surface area is 334 Å².